The molecule has 0 fully saturated rings. The summed E-state index contributed by atoms with van der Waals surface area (Å²) in [6.45, 7) is 1.57. The third-order valence-electron chi connectivity index (χ3n) is 2.09. The molecule has 0 atom stereocenters. The fourth-order valence-electron chi connectivity index (χ4n) is 1.23. The van der Waals surface area contributed by atoms with Crippen LogP contribution in [0.3, 0.4) is 0 Å². The minimum absolute atomic E-state index is 0.0606. The van der Waals surface area contributed by atoms with E-state index in [1.807, 2.05) is 0 Å². The van der Waals surface area contributed by atoms with Gasteiger partial charge in [-0.3, -0.25) is 9.78 Å². The second-order valence-corrected chi connectivity index (χ2v) is 4.25. The normalized spacial score (nSPS) is 10.6. The van der Waals surface area contributed by atoms with Gasteiger partial charge in [0.1, 0.15) is 0 Å². The number of alkyl halides is 2. The lowest BCUT2D eigenvalue weighted by Crippen LogP contribution is -2.10. The number of esters is 1. The predicted molar refractivity (Wildman–Crippen MR) is 62.4 cm³/mol. The molecule has 0 N–H and O–H groups in total. The van der Waals surface area contributed by atoms with Gasteiger partial charge < -0.3 is 4.74 Å². The molecule has 0 saturated carbocycles. The monoisotopic (exact) mass is 341 g/mol. The molecule has 1 aromatic heterocycles. The number of halogens is 3. The number of nitrogens with zero attached hydrogens (tertiary/aromatic N) is 1. The summed E-state index contributed by atoms with van der Waals surface area (Å²) in [6, 6.07) is 0. The SMILES string of the molecule is COC(=O)Cc1ncc(C)c(C(F)F)c1I. The van der Waals surface area contributed by atoms with E-state index in [-0.39, 0.29) is 12.0 Å². The van der Waals surface area contributed by atoms with Crippen LogP contribution in [0, 0.1) is 10.5 Å². The Balaban J connectivity index is 3.13. The summed E-state index contributed by atoms with van der Waals surface area (Å²) in [5.74, 6) is -0.491. The zero-order valence-electron chi connectivity index (χ0n) is 8.76. The molecule has 0 aromatic carbocycles. The van der Waals surface area contributed by atoms with Crippen LogP contribution in [0.25, 0.3) is 0 Å². The lowest BCUT2D eigenvalue weighted by atomic mass is 10.1. The minimum Gasteiger partial charge on any atom is -0.469 e. The van der Waals surface area contributed by atoms with Gasteiger partial charge in [0.2, 0.25) is 0 Å². The van der Waals surface area contributed by atoms with Crippen LogP contribution in [0.1, 0.15) is 23.2 Å². The van der Waals surface area contributed by atoms with Crippen molar-refractivity contribution in [3.63, 3.8) is 0 Å². The molecule has 16 heavy (non-hydrogen) atoms. The van der Waals surface area contributed by atoms with Crippen molar-refractivity contribution in [2.75, 3.05) is 7.11 Å². The number of ether oxygens (including phenoxy) is 1. The van der Waals surface area contributed by atoms with Crippen LogP contribution >= 0.6 is 22.6 Å². The Hall–Kier alpha value is -0.790. The van der Waals surface area contributed by atoms with Crippen LogP contribution < -0.4 is 0 Å². The average molecular weight is 341 g/mol. The van der Waals surface area contributed by atoms with Gasteiger partial charge in [-0.05, 0) is 35.1 Å². The standard InChI is InChI=1S/C10H10F2INO2/c1-5-4-14-6(3-7(15)16-2)9(13)8(5)10(11)12/h4,10H,3H2,1-2H3. The van der Waals surface area contributed by atoms with Gasteiger partial charge in [0.05, 0.1) is 19.2 Å². The molecule has 0 saturated heterocycles. The maximum absolute atomic E-state index is 12.7. The fourth-order valence-corrected chi connectivity index (χ4v) is 2.22. The second-order valence-electron chi connectivity index (χ2n) is 3.17. The van der Waals surface area contributed by atoms with Gasteiger partial charge in [0.15, 0.2) is 0 Å². The van der Waals surface area contributed by atoms with Gasteiger partial charge >= 0.3 is 5.97 Å². The number of carbonyl (C=O) groups excluding carboxylic acids is 1. The van der Waals surface area contributed by atoms with Gasteiger partial charge in [-0.25, -0.2) is 8.78 Å². The first kappa shape index (κ1) is 13.3. The Morgan fingerprint density at radius 1 is 1.62 bits per heavy atom. The highest BCUT2D eigenvalue weighted by atomic mass is 127. The second kappa shape index (κ2) is 5.51. The minimum atomic E-state index is -2.56. The van der Waals surface area contributed by atoms with Crippen molar-refractivity contribution in [3.8, 4) is 0 Å². The molecule has 1 heterocycles. The first-order valence-electron chi connectivity index (χ1n) is 4.46. The molecule has 3 nitrogen and oxygen atoms in total. The van der Waals surface area contributed by atoms with Crippen molar-refractivity contribution in [1.29, 1.82) is 0 Å². The molecule has 1 aromatic rings. The first-order chi connectivity index (χ1) is 7.47. The van der Waals surface area contributed by atoms with Gasteiger partial charge in [-0.2, -0.15) is 0 Å². The number of aromatic nitrogens is 1. The van der Waals surface area contributed by atoms with E-state index in [0.29, 0.717) is 14.8 Å². The van der Waals surface area contributed by atoms with Crippen molar-refractivity contribution in [2.45, 2.75) is 19.8 Å². The highest BCUT2D eigenvalue weighted by molar-refractivity contribution is 14.1. The summed E-state index contributed by atoms with van der Waals surface area (Å²) >= 11 is 1.78. The zero-order valence-corrected chi connectivity index (χ0v) is 10.9. The van der Waals surface area contributed by atoms with E-state index < -0.39 is 12.4 Å². The first-order valence-corrected chi connectivity index (χ1v) is 5.54. The molecule has 0 aliphatic carbocycles. The fraction of sp³-hybridized carbons (Fsp3) is 0.400. The zero-order chi connectivity index (χ0) is 12.3. The molecule has 0 radical (unpaired) electrons. The van der Waals surface area contributed by atoms with E-state index >= 15 is 0 Å². The Labute approximate surface area is 105 Å². The van der Waals surface area contributed by atoms with Crippen LogP contribution in [0.5, 0.6) is 0 Å². The van der Waals surface area contributed by atoms with Crippen molar-refractivity contribution in [1.82, 2.24) is 4.98 Å². The molecule has 0 aliphatic heterocycles. The molecule has 88 valence electrons. The topological polar surface area (TPSA) is 39.2 Å². The predicted octanol–water partition coefficient (Wildman–Crippen LogP) is 2.65. The summed E-state index contributed by atoms with van der Waals surface area (Å²) in [7, 11) is 1.25. The van der Waals surface area contributed by atoms with Gasteiger partial charge in [0.25, 0.3) is 6.43 Å². The number of hydrogen-bond acceptors (Lipinski definition) is 3. The summed E-state index contributed by atoms with van der Waals surface area (Å²) in [4.78, 5) is 15.0. The molecule has 0 bridgehead atoms. The highest BCUT2D eigenvalue weighted by Gasteiger charge is 2.19. The highest BCUT2D eigenvalue weighted by Crippen LogP contribution is 2.29. The molecular formula is C10H10F2INO2. The average Bonchev–Trinajstić information content (AvgIpc) is 2.21. The largest absolute Gasteiger partial charge is 0.469 e. The summed E-state index contributed by atoms with van der Waals surface area (Å²) in [6.07, 6.45) is -1.30. The number of methoxy groups -OCH3 is 1. The third-order valence-corrected chi connectivity index (χ3v) is 3.29. The molecule has 6 heteroatoms. The van der Waals surface area contributed by atoms with E-state index in [0.717, 1.165) is 0 Å². The van der Waals surface area contributed by atoms with Gasteiger partial charge in [-0.1, -0.05) is 0 Å². The number of hydrogen-bond donors (Lipinski definition) is 0. The third kappa shape index (κ3) is 2.87. The van der Waals surface area contributed by atoms with Crippen LogP contribution in [0.15, 0.2) is 6.20 Å². The molecular weight excluding hydrogens is 331 g/mol. The summed E-state index contributed by atoms with van der Waals surface area (Å²) in [5, 5.41) is 0. The van der Waals surface area contributed by atoms with Crippen molar-refractivity contribution < 1.29 is 18.3 Å². The van der Waals surface area contributed by atoms with E-state index in [4.69, 9.17) is 0 Å². The van der Waals surface area contributed by atoms with Crippen LogP contribution in [-0.2, 0) is 16.0 Å². The van der Waals surface area contributed by atoms with Crippen molar-refractivity contribution >= 4 is 28.6 Å². The number of aryl methyl sites for hydroxylation is 1. The van der Waals surface area contributed by atoms with E-state index in [9.17, 15) is 13.6 Å². The number of carbonyl (C=O) groups is 1. The number of rotatable bonds is 3. The quantitative estimate of drug-likeness (QED) is 0.627. The van der Waals surface area contributed by atoms with Crippen molar-refractivity contribution in [2.24, 2.45) is 0 Å². The maximum atomic E-state index is 12.7. The Kier molecular flexibility index (Phi) is 4.57. The molecule has 0 unspecified atom stereocenters. The van der Waals surface area contributed by atoms with E-state index in [1.165, 1.54) is 13.3 Å². The Morgan fingerprint density at radius 3 is 2.75 bits per heavy atom. The lowest BCUT2D eigenvalue weighted by Gasteiger charge is -2.10. The Morgan fingerprint density at radius 2 is 2.25 bits per heavy atom. The van der Waals surface area contributed by atoms with Crippen LogP contribution in [0.2, 0.25) is 0 Å². The van der Waals surface area contributed by atoms with Crippen molar-refractivity contribution in [3.05, 3.63) is 26.6 Å². The van der Waals surface area contributed by atoms with E-state index in [2.05, 4.69) is 9.72 Å². The number of pyridine rings is 1. The lowest BCUT2D eigenvalue weighted by molar-refractivity contribution is -0.139. The Bertz CT molecular complexity index is 410. The summed E-state index contributed by atoms with van der Waals surface area (Å²) < 4.78 is 30.3. The van der Waals surface area contributed by atoms with E-state index in [1.54, 1.807) is 29.5 Å². The van der Waals surface area contributed by atoms with Gasteiger partial charge in [0, 0.05) is 15.3 Å². The molecule has 0 spiro atoms. The summed E-state index contributed by atoms with van der Waals surface area (Å²) in [5.41, 5.74) is 0.691. The molecule has 1 rings (SSSR count). The smallest absolute Gasteiger partial charge is 0.311 e. The molecule has 0 aliphatic rings. The maximum Gasteiger partial charge on any atom is 0.311 e. The van der Waals surface area contributed by atoms with Crippen LogP contribution in [-0.4, -0.2) is 18.1 Å². The van der Waals surface area contributed by atoms with Gasteiger partial charge in [-0.15, -0.1) is 0 Å². The van der Waals surface area contributed by atoms with Crippen LogP contribution in [0.4, 0.5) is 8.78 Å². The molecule has 0 amide bonds.